The number of rotatable bonds is 6. The van der Waals surface area contributed by atoms with Crippen molar-refractivity contribution in [2.24, 2.45) is 0 Å². The summed E-state index contributed by atoms with van der Waals surface area (Å²) in [6.07, 6.45) is 2.36. The van der Waals surface area contributed by atoms with Gasteiger partial charge in [0.05, 0.1) is 24.2 Å². The predicted octanol–water partition coefficient (Wildman–Crippen LogP) is 1.75. The largest absolute Gasteiger partial charge is 0.379 e. The zero-order valence-electron chi connectivity index (χ0n) is 14.8. The Morgan fingerprint density at radius 3 is 2.84 bits per heavy atom. The summed E-state index contributed by atoms with van der Waals surface area (Å²) < 4.78 is 7.49. The van der Waals surface area contributed by atoms with E-state index in [4.69, 9.17) is 9.72 Å². The van der Waals surface area contributed by atoms with Gasteiger partial charge in [-0.25, -0.2) is 4.98 Å². The van der Waals surface area contributed by atoms with Crippen LogP contribution in [0.15, 0.2) is 24.3 Å². The Hall–Kier alpha value is -1.92. The molecule has 2 aliphatic rings. The SMILES string of the molecule is C[C@H](CNC(=O)Cn1c(C2CC2)nc2ccccc21)N1CCOCC1. The highest BCUT2D eigenvalue weighted by Gasteiger charge is 2.30. The second-order valence-corrected chi connectivity index (χ2v) is 7.12. The minimum atomic E-state index is 0.0603. The van der Waals surface area contributed by atoms with E-state index in [9.17, 15) is 4.79 Å². The molecule has 1 atom stereocenters. The molecule has 1 aromatic carbocycles. The van der Waals surface area contributed by atoms with Crippen molar-refractivity contribution >= 4 is 16.9 Å². The topological polar surface area (TPSA) is 59.4 Å². The summed E-state index contributed by atoms with van der Waals surface area (Å²) in [5.41, 5.74) is 2.04. The summed E-state index contributed by atoms with van der Waals surface area (Å²) in [5, 5.41) is 3.10. The molecule has 1 aromatic heterocycles. The average Bonchev–Trinajstić information content (AvgIpc) is 3.43. The van der Waals surface area contributed by atoms with Crippen LogP contribution in [0.1, 0.15) is 31.5 Å². The maximum Gasteiger partial charge on any atom is 0.240 e. The monoisotopic (exact) mass is 342 g/mol. The number of fused-ring (bicyclic) bond motifs is 1. The van der Waals surface area contributed by atoms with Gasteiger partial charge in [0, 0.05) is 31.6 Å². The molecule has 6 heteroatoms. The van der Waals surface area contributed by atoms with E-state index < -0.39 is 0 Å². The highest BCUT2D eigenvalue weighted by molar-refractivity contribution is 5.81. The molecule has 0 bridgehead atoms. The molecule has 4 rings (SSSR count). The minimum Gasteiger partial charge on any atom is -0.379 e. The fraction of sp³-hybridized carbons (Fsp3) is 0.579. The van der Waals surface area contributed by atoms with Gasteiger partial charge in [-0.1, -0.05) is 12.1 Å². The molecule has 2 aromatic rings. The molecule has 0 unspecified atom stereocenters. The molecule has 134 valence electrons. The number of ether oxygens (including phenoxy) is 1. The summed E-state index contributed by atoms with van der Waals surface area (Å²) >= 11 is 0. The van der Waals surface area contributed by atoms with Crippen molar-refractivity contribution in [2.45, 2.75) is 38.3 Å². The van der Waals surface area contributed by atoms with Crippen LogP contribution in [0.5, 0.6) is 0 Å². The first-order valence-electron chi connectivity index (χ1n) is 9.26. The van der Waals surface area contributed by atoms with Crippen LogP contribution >= 0.6 is 0 Å². The third-order valence-electron chi connectivity index (χ3n) is 5.19. The van der Waals surface area contributed by atoms with Gasteiger partial charge in [-0.15, -0.1) is 0 Å². The van der Waals surface area contributed by atoms with E-state index in [2.05, 4.69) is 27.8 Å². The van der Waals surface area contributed by atoms with Gasteiger partial charge >= 0.3 is 0 Å². The zero-order valence-corrected chi connectivity index (χ0v) is 14.8. The Bertz CT molecular complexity index is 747. The van der Waals surface area contributed by atoms with Crippen molar-refractivity contribution < 1.29 is 9.53 Å². The Kier molecular flexibility index (Phi) is 4.72. The van der Waals surface area contributed by atoms with Crippen molar-refractivity contribution in [3.05, 3.63) is 30.1 Å². The van der Waals surface area contributed by atoms with Crippen LogP contribution in [0.3, 0.4) is 0 Å². The molecule has 0 radical (unpaired) electrons. The molecular weight excluding hydrogens is 316 g/mol. The number of hydrogen-bond acceptors (Lipinski definition) is 4. The zero-order chi connectivity index (χ0) is 17.2. The normalized spacial score (nSPS) is 19.9. The number of amides is 1. The van der Waals surface area contributed by atoms with Crippen molar-refractivity contribution in [3.63, 3.8) is 0 Å². The number of para-hydroxylation sites is 2. The molecule has 25 heavy (non-hydrogen) atoms. The van der Waals surface area contributed by atoms with Gasteiger partial charge in [0.1, 0.15) is 12.4 Å². The van der Waals surface area contributed by atoms with E-state index in [1.807, 2.05) is 18.2 Å². The molecule has 1 amide bonds. The fourth-order valence-electron chi connectivity index (χ4n) is 3.52. The lowest BCUT2D eigenvalue weighted by molar-refractivity contribution is -0.121. The van der Waals surface area contributed by atoms with Gasteiger partial charge in [-0.2, -0.15) is 0 Å². The number of imidazole rings is 1. The number of carbonyl (C=O) groups excluding carboxylic acids is 1. The molecule has 0 spiro atoms. The lowest BCUT2D eigenvalue weighted by Gasteiger charge is -2.32. The van der Waals surface area contributed by atoms with Crippen LogP contribution < -0.4 is 5.32 Å². The molecule has 2 heterocycles. The Morgan fingerprint density at radius 2 is 2.08 bits per heavy atom. The van der Waals surface area contributed by atoms with Crippen molar-refractivity contribution in [1.82, 2.24) is 19.8 Å². The second-order valence-electron chi connectivity index (χ2n) is 7.12. The van der Waals surface area contributed by atoms with Gasteiger partial charge in [-0.3, -0.25) is 9.69 Å². The molecule has 2 fully saturated rings. The number of carbonyl (C=O) groups is 1. The summed E-state index contributed by atoms with van der Waals surface area (Å²) in [6.45, 7) is 6.62. The van der Waals surface area contributed by atoms with Crippen LogP contribution in [0.2, 0.25) is 0 Å². The highest BCUT2D eigenvalue weighted by atomic mass is 16.5. The summed E-state index contributed by atoms with van der Waals surface area (Å²) in [7, 11) is 0. The van der Waals surface area contributed by atoms with E-state index in [0.29, 0.717) is 25.0 Å². The maximum absolute atomic E-state index is 12.5. The van der Waals surface area contributed by atoms with Gasteiger partial charge < -0.3 is 14.6 Å². The summed E-state index contributed by atoms with van der Waals surface area (Å²) in [4.78, 5) is 19.7. The summed E-state index contributed by atoms with van der Waals surface area (Å²) in [6, 6.07) is 8.42. The molecule has 1 aliphatic carbocycles. The van der Waals surface area contributed by atoms with Crippen LogP contribution in [-0.2, 0) is 16.1 Å². The maximum atomic E-state index is 12.5. The third kappa shape index (κ3) is 3.70. The molecule has 1 aliphatic heterocycles. The van der Waals surface area contributed by atoms with E-state index in [0.717, 1.165) is 43.2 Å². The van der Waals surface area contributed by atoms with Crippen molar-refractivity contribution in [2.75, 3.05) is 32.8 Å². The van der Waals surface area contributed by atoms with Gasteiger partial charge in [0.2, 0.25) is 5.91 Å². The van der Waals surface area contributed by atoms with Crippen molar-refractivity contribution in [1.29, 1.82) is 0 Å². The van der Waals surface area contributed by atoms with Crippen LogP contribution in [0.4, 0.5) is 0 Å². The average molecular weight is 342 g/mol. The first-order valence-corrected chi connectivity index (χ1v) is 9.26. The molecule has 1 N–H and O–H groups in total. The minimum absolute atomic E-state index is 0.0603. The summed E-state index contributed by atoms with van der Waals surface area (Å²) in [5.74, 6) is 1.65. The number of hydrogen-bond donors (Lipinski definition) is 1. The number of nitrogens with one attached hydrogen (secondary N) is 1. The van der Waals surface area contributed by atoms with Crippen LogP contribution in [0, 0.1) is 0 Å². The highest BCUT2D eigenvalue weighted by Crippen LogP contribution is 2.40. The lowest BCUT2D eigenvalue weighted by Crippen LogP contribution is -2.47. The Balaban J connectivity index is 1.40. The number of benzene rings is 1. The van der Waals surface area contributed by atoms with Crippen LogP contribution in [-0.4, -0.2) is 59.2 Å². The van der Waals surface area contributed by atoms with Gasteiger partial charge in [0.15, 0.2) is 0 Å². The van der Waals surface area contributed by atoms with Gasteiger partial charge in [0.25, 0.3) is 0 Å². The van der Waals surface area contributed by atoms with E-state index in [1.165, 1.54) is 12.8 Å². The molecule has 1 saturated heterocycles. The fourth-order valence-corrected chi connectivity index (χ4v) is 3.52. The van der Waals surface area contributed by atoms with E-state index in [-0.39, 0.29) is 5.91 Å². The number of morpholine rings is 1. The first-order chi connectivity index (χ1) is 12.2. The molecule has 6 nitrogen and oxygen atoms in total. The third-order valence-corrected chi connectivity index (χ3v) is 5.19. The van der Waals surface area contributed by atoms with Crippen LogP contribution in [0.25, 0.3) is 11.0 Å². The molecule has 1 saturated carbocycles. The Labute approximate surface area is 148 Å². The second kappa shape index (κ2) is 7.14. The lowest BCUT2D eigenvalue weighted by atomic mass is 10.2. The van der Waals surface area contributed by atoms with E-state index in [1.54, 1.807) is 0 Å². The van der Waals surface area contributed by atoms with E-state index >= 15 is 0 Å². The number of aromatic nitrogens is 2. The quantitative estimate of drug-likeness (QED) is 0.869. The molecular formula is C19H26N4O2. The van der Waals surface area contributed by atoms with Gasteiger partial charge in [-0.05, 0) is 31.9 Å². The smallest absolute Gasteiger partial charge is 0.240 e. The number of nitrogens with zero attached hydrogens (tertiary/aromatic N) is 3. The first kappa shape index (κ1) is 16.5. The predicted molar refractivity (Wildman–Crippen MR) is 96.6 cm³/mol. The van der Waals surface area contributed by atoms with Crippen molar-refractivity contribution in [3.8, 4) is 0 Å². The Morgan fingerprint density at radius 1 is 1.32 bits per heavy atom. The standard InChI is InChI=1S/C19H26N4O2/c1-14(22-8-10-25-11-9-22)12-20-18(24)13-23-17-5-3-2-4-16(17)21-19(23)15-6-7-15/h2-5,14-15H,6-13H2,1H3,(H,20,24)/t14-/m1/s1.